The highest BCUT2D eigenvalue weighted by molar-refractivity contribution is 5.85. The van der Waals surface area contributed by atoms with E-state index < -0.39 is 0 Å². The molecule has 144 valence electrons. The normalized spacial score (nSPS) is 11.7. The lowest BCUT2D eigenvalue weighted by Crippen LogP contribution is -2.29. The molecule has 26 heavy (non-hydrogen) atoms. The lowest BCUT2D eigenvalue weighted by molar-refractivity contribution is -0.121. The first-order chi connectivity index (χ1) is 11.9. The fourth-order valence-electron chi connectivity index (χ4n) is 2.88. The van der Waals surface area contributed by atoms with Gasteiger partial charge in [-0.2, -0.15) is 5.10 Å². The second-order valence-corrected chi connectivity index (χ2v) is 6.91. The molecule has 3 N–H and O–H groups in total. The monoisotopic (exact) mass is 378 g/mol. The van der Waals surface area contributed by atoms with E-state index >= 15 is 0 Å². The minimum Gasteiger partial charge on any atom is -0.356 e. The Labute approximate surface area is 162 Å². The molecule has 1 heterocycles. The van der Waals surface area contributed by atoms with Crippen molar-refractivity contribution in [1.29, 1.82) is 0 Å². The quantitative estimate of drug-likeness (QED) is 0.741. The van der Waals surface area contributed by atoms with Gasteiger partial charge >= 0.3 is 0 Å². The van der Waals surface area contributed by atoms with Gasteiger partial charge in [0.25, 0.3) is 0 Å². The molecule has 5 nitrogen and oxygen atoms in total. The Morgan fingerprint density at radius 3 is 2.50 bits per heavy atom. The van der Waals surface area contributed by atoms with Gasteiger partial charge in [-0.3, -0.25) is 9.48 Å². The maximum Gasteiger partial charge on any atom is 0.220 e. The topological polar surface area (TPSA) is 72.9 Å². The van der Waals surface area contributed by atoms with Crippen molar-refractivity contribution >= 4 is 18.3 Å². The third kappa shape index (κ3) is 6.46. The molecular formula is C20H31ClN4O. The van der Waals surface area contributed by atoms with E-state index in [1.54, 1.807) is 0 Å². The Kier molecular flexibility index (Phi) is 8.82. The molecule has 0 aliphatic heterocycles. The number of rotatable bonds is 8. The van der Waals surface area contributed by atoms with E-state index in [1.165, 1.54) is 16.7 Å². The van der Waals surface area contributed by atoms with Gasteiger partial charge in [-0.05, 0) is 51.7 Å². The van der Waals surface area contributed by atoms with Gasteiger partial charge in [0.15, 0.2) is 0 Å². The van der Waals surface area contributed by atoms with Crippen molar-refractivity contribution in [1.82, 2.24) is 15.1 Å². The van der Waals surface area contributed by atoms with Crippen molar-refractivity contribution in [2.75, 3.05) is 6.54 Å². The van der Waals surface area contributed by atoms with Crippen LogP contribution in [0.3, 0.4) is 0 Å². The molecule has 0 bridgehead atoms. The highest BCUT2D eigenvalue weighted by Crippen LogP contribution is 2.17. The summed E-state index contributed by atoms with van der Waals surface area (Å²) in [6, 6.07) is 8.63. The van der Waals surface area contributed by atoms with Gasteiger partial charge in [0, 0.05) is 24.7 Å². The molecule has 0 aliphatic rings. The molecule has 1 aromatic carbocycles. The summed E-state index contributed by atoms with van der Waals surface area (Å²) in [5.74, 6) is 0.0748. The maximum atomic E-state index is 12.0. The number of hydrogen-bond acceptors (Lipinski definition) is 3. The van der Waals surface area contributed by atoms with Gasteiger partial charge in [-0.25, -0.2) is 0 Å². The summed E-state index contributed by atoms with van der Waals surface area (Å²) < 4.78 is 2.03. The molecular weight excluding hydrogens is 348 g/mol. The second-order valence-electron chi connectivity index (χ2n) is 6.91. The van der Waals surface area contributed by atoms with Crippen LogP contribution in [0.4, 0.5) is 0 Å². The molecule has 6 heteroatoms. The first kappa shape index (κ1) is 22.2. The highest BCUT2D eigenvalue weighted by atomic mass is 35.5. The summed E-state index contributed by atoms with van der Waals surface area (Å²) in [5.41, 5.74) is 11.5. The van der Waals surface area contributed by atoms with Crippen LogP contribution in [0.15, 0.2) is 24.3 Å². The van der Waals surface area contributed by atoms with Crippen molar-refractivity contribution in [3.63, 3.8) is 0 Å². The third-order valence-corrected chi connectivity index (χ3v) is 4.51. The molecule has 0 saturated carbocycles. The van der Waals surface area contributed by atoms with Crippen LogP contribution in [0, 0.1) is 20.8 Å². The zero-order chi connectivity index (χ0) is 18.4. The van der Waals surface area contributed by atoms with Crippen LogP contribution in [-0.2, 0) is 17.8 Å². The molecule has 0 fully saturated rings. The summed E-state index contributed by atoms with van der Waals surface area (Å²) in [6.07, 6.45) is 2.00. The third-order valence-electron chi connectivity index (χ3n) is 4.51. The summed E-state index contributed by atoms with van der Waals surface area (Å²) in [4.78, 5) is 12.0. The van der Waals surface area contributed by atoms with Gasteiger partial charge in [-0.15, -0.1) is 12.4 Å². The second kappa shape index (κ2) is 10.3. The number of halogens is 1. The van der Waals surface area contributed by atoms with Crippen LogP contribution in [0.25, 0.3) is 0 Å². The van der Waals surface area contributed by atoms with Crippen LogP contribution >= 0.6 is 12.4 Å². The average Bonchev–Trinajstić information content (AvgIpc) is 2.81. The van der Waals surface area contributed by atoms with E-state index in [9.17, 15) is 4.79 Å². The Balaban J connectivity index is 0.00000338. The Morgan fingerprint density at radius 2 is 1.88 bits per heavy atom. The minimum absolute atomic E-state index is 0. The number of carbonyl (C=O) groups excluding carboxylic acids is 1. The molecule has 0 saturated heterocycles. The van der Waals surface area contributed by atoms with Crippen LogP contribution in [0.5, 0.6) is 0 Å². The number of benzene rings is 1. The number of nitrogens with zero attached hydrogens (tertiary/aromatic N) is 2. The van der Waals surface area contributed by atoms with Gasteiger partial charge < -0.3 is 11.1 Å². The van der Waals surface area contributed by atoms with Crippen LogP contribution in [-0.4, -0.2) is 28.3 Å². The van der Waals surface area contributed by atoms with Crippen LogP contribution < -0.4 is 11.1 Å². The number of carbonyl (C=O) groups is 1. The number of aryl methyl sites for hydroxylation is 2. The minimum atomic E-state index is 0. The fourth-order valence-corrected chi connectivity index (χ4v) is 2.88. The van der Waals surface area contributed by atoms with Crippen molar-refractivity contribution in [3.8, 4) is 0 Å². The fraction of sp³-hybridized carbons (Fsp3) is 0.500. The van der Waals surface area contributed by atoms with Crippen LogP contribution in [0.1, 0.15) is 47.8 Å². The number of nitrogens with one attached hydrogen (secondary N) is 1. The molecule has 1 aromatic heterocycles. The van der Waals surface area contributed by atoms with Crippen molar-refractivity contribution < 1.29 is 4.79 Å². The highest BCUT2D eigenvalue weighted by Gasteiger charge is 2.13. The number of hydrogen-bond donors (Lipinski definition) is 2. The van der Waals surface area contributed by atoms with Crippen LogP contribution in [0.2, 0.25) is 0 Å². The Hall–Kier alpha value is -1.85. The standard InChI is InChI=1S/C20H30N4O.ClH/c1-14-5-7-18(8-6-14)13-24-17(4)19(16(3)23-24)9-10-20(25)22-12-11-15(2)21;/h5-8,15H,9-13,21H2,1-4H3,(H,22,25);1H. The Bertz CT molecular complexity index is 707. The van der Waals surface area contributed by atoms with Crippen molar-refractivity contribution in [2.45, 2.75) is 59.5 Å². The predicted octanol–water partition coefficient (Wildman–Crippen LogP) is 3.06. The first-order valence-corrected chi connectivity index (χ1v) is 8.97. The molecule has 0 aliphatic carbocycles. The summed E-state index contributed by atoms with van der Waals surface area (Å²) >= 11 is 0. The predicted molar refractivity (Wildman–Crippen MR) is 109 cm³/mol. The van der Waals surface area contributed by atoms with E-state index in [0.29, 0.717) is 13.0 Å². The molecule has 1 amide bonds. The van der Waals surface area contributed by atoms with Gasteiger partial charge in [0.2, 0.25) is 5.91 Å². The van der Waals surface area contributed by atoms with Crippen molar-refractivity contribution in [3.05, 3.63) is 52.3 Å². The lowest BCUT2D eigenvalue weighted by atomic mass is 10.1. The molecule has 1 atom stereocenters. The van der Waals surface area contributed by atoms with Gasteiger partial charge in [0.05, 0.1) is 12.2 Å². The summed E-state index contributed by atoms with van der Waals surface area (Å²) in [6.45, 7) is 9.53. The smallest absolute Gasteiger partial charge is 0.220 e. The number of aromatic nitrogens is 2. The van der Waals surface area contributed by atoms with E-state index in [0.717, 1.165) is 30.8 Å². The summed E-state index contributed by atoms with van der Waals surface area (Å²) in [5, 5.41) is 7.59. The molecule has 0 spiro atoms. The number of nitrogens with two attached hydrogens (primary N) is 1. The lowest BCUT2D eigenvalue weighted by Gasteiger charge is -2.08. The first-order valence-electron chi connectivity index (χ1n) is 8.97. The molecule has 1 unspecified atom stereocenters. The number of amides is 1. The molecule has 2 rings (SSSR count). The van der Waals surface area contributed by atoms with Gasteiger partial charge in [0.1, 0.15) is 0 Å². The van der Waals surface area contributed by atoms with Gasteiger partial charge in [-0.1, -0.05) is 29.8 Å². The van der Waals surface area contributed by atoms with E-state index in [1.807, 2.05) is 18.5 Å². The largest absolute Gasteiger partial charge is 0.356 e. The van der Waals surface area contributed by atoms with E-state index in [2.05, 4.69) is 48.5 Å². The SMILES string of the molecule is Cc1ccc(Cn2nc(C)c(CCC(=O)NCCC(C)N)c2C)cc1.Cl. The average molecular weight is 379 g/mol. The molecule has 0 radical (unpaired) electrons. The van der Waals surface area contributed by atoms with E-state index in [-0.39, 0.29) is 24.4 Å². The zero-order valence-electron chi connectivity index (χ0n) is 16.2. The maximum absolute atomic E-state index is 12.0. The Morgan fingerprint density at radius 1 is 1.23 bits per heavy atom. The molecule has 2 aromatic rings. The zero-order valence-corrected chi connectivity index (χ0v) is 17.0. The van der Waals surface area contributed by atoms with E-state index in [4.69, 9.17) is 5.73 Å². The summed E-state index contributed by atoms with van der Waals surface area (Å²) in [7, 11) is 0. The van der Waals surface area contributed by atoms with Crippen molar-refractivity contribution in [2.24, 2.45) is 5.73 Å².